The zero-order valence-electron chi connectivity index (χ0n) is 10.3. The summed E-state index contributed by atoms with van der Waals surface area (Å²) in [6.45, 7) is 1.83. The molecule has 100 valence electrons. The number of nitrogens with one attached hydrogen (secondary N) is 1. The molecule has 6 nitrogen and oxygen atoms in total. The number of aryl methyl sites for hydroxylation is 1. The van der Waals surface area contributed by atoms with Gasteiger partial charge in [0.25, 0.3) is 5.91 Å². The molecule has 19 heavy (non-hydrogen) atoms. The number of carbonyl (C=O) groups is 1. The van der Waals surface area contributed by atoms with E-state index < -0.39 is 11.7 Å². The molecular weight excluding hydrogens is 251 g/mol. The molecule has 2 rings (SSSR count). The topological polar surface area (TPSA) is 94.0 Å². The van der Waals surface area contributed by atoms with Crippen molar-refractivity contribution in [3.63, 3.8) is 0 Å². The average molecular weight is 264 g/mol. The molecule has 1 aromatic carbocycles. The Morgan fingerprint density at radius 1 is 1.53 bits per heavy atom. The maximum absolute atomic E-state index is 13.8. The number of nitrogens with zero attached hydrogens (tertiary/aromatic N) is 2. The summed E-state index contributed by atoms with van der Waals surface area (Å²) in [5.74, 6) is -0.679. The highest BCUT2D eigenvalue weighted by molar-refractivity contribution is 5.95. The molecule has 2 aromatic rings. The first-order valence-corrected chi connectivity index (χ1v) is 5.67. The third-order valence-electron chi connectivity index (χ3n) is 2.55. The number of aromatic nitrogens is 2. The predicted molar refractivity (Wildman–Crippen MR) is 65.9 cm³/mol. The Balaban J connectivity index is 2.00. The second-order valence-electron chi connectivity index (χ2n) is 4.04. The largest absolute Gasteiger partial charge is 0.399 e. The number of hydrogen-bond donors (Lipinski definition) is 2. The summed E-state index contributed by atoms with van der Waals surface area (Å²) >= 11 is 0. The molecule has 0 aliphatic heterocycles. The van der Waals surface area contributed by atoms with Crippen molar-refractivity contribution in [2.75, 3.05) is 12.3 Å². The van der Waals surface area contributed by atoms with Gasteiger partial charge in [0, 0.05) is 18.7 Å². The summed E-state index contributed by atoms with van der Waals surface area (Å²) in [5.41, 5.74) is 6.21. The fourth-order valence-electron chi connectivity index (χ4n) is 1.65. The summed E-state index contributed by atoms with van der Waals surface area (Å²) in [6.07, 6.45) is 1.66. The van der Waals surface area contributed by atoms with E-state index >= 15 is 0 Å². The van der Waals surface area contributed by atoms with E-state index in [4.69, 9.17) is 10.3 Å². The molecule has 0 radical (unpaired) electrons. The Hall–Kier alpha value is -2.44. The van der Waals surface area contributed by atoms with Gasteiger partial charge in [0.2, 0.25) is 5.89 Å². The Morgan fingerprint density at radius 3 is 3.00 bits per heavy atom. The molecule has 7 heteroatoms. The van der Waals surface area contributed by atoms with Gasteiger partial charge in [-0.3, -0.25) is 4.79 Å². The van der Waals surface area contributed by atoms with Crippen molar-refractivity contribution >= 4 is 11.6 Å². The standard InChI is InChI=1S/C12H13FN4O2/c1-7-4-8(14)5-9(11(7)13)12(18)15-3-2-10-16-6-17-19-10/h4-6H,2-3,14H2,1H3,(H,15,18). The molecule has 0 saturated carbocycles. The molecule has 0 aliphatic carbocycles. The molecule has 0 spiro atoms. The molecule has 0 unspecified atom stereocenters. The molecule has 0 aliphatic rings. The van der Waals surface area contributed by atoms with Crippen LogP contribution in [-0.4, -0.2) is 22.6 Å². The van der Waals surface area contributed by atoms with Crippen LogP contribution in [0.25, 0.3) is 0 Å². The molecule has 1 heterocycles. The fraction of sp³-hybridized carbons (Fsp3) is 0.250. The van der Waals surface area contributed by atoms with Gasteiger partial charge in [-0.15, -0.1) is 0 Å². The van der Waals surface area contributed by atoms with Gasteiger partial charge in [-0.05, 0) is 24.6 Å². The SMILES string of the molecule is Cc1cc(N)cc(C(=O)NCCc2ncno2)c1F. The van der Waals surface area contributed by atoms with Crippen molar-refractivity contribution in [2.45, 2.75) is 13.3 Å². The van der Waals surface area contributed by atoms with Crippen LogP contribution in [0.3, 0.4) is 0 Å². The minimum atomic E-state index is -0.565. The van der Waals surface area contributed by atoms with Crippen molar-refractivity contribution in [3.05, 3.63) is 41.3 Å². The van der Waals surface area contributed by atoms with Gasteiger partial charge in [0.05, 0.1) is 5.56 Å². The summed E-state index contributed by atoms with van der Waals surface area (Å²) in [6, 6.07) is 2.79. The highest BCUT2D eigenvalue weighted by Crippen LogP contribution is 2.16. The first-order chi connectivity index (χ1) is 9.08. The first kappa shape index (κ1) is 13.0. The lowest BCUT2D eigenvalue weighted by atomic mass is 10.1. The number of hydrogen-bond acceptors (Lipinski definition) is 5. The predicted octanol–water partition coefficient (Wildman–Crippen LogP) is 1.07. The number of halogens is 1. The van der Waals surface area contributed by atoms with Crippen LogP contribution in [0, 0.1) is 12.7 Å². The van der Waals surface area contributed by atoms with E-state index in [-0.39, 0.29) is 12.1 Å². The van der Waals surface area contributed by atoms with Crippen LogP contribution in [0.4, 0.5) is 10.1 Å². The maximum atomic E-state index is 13.8. The molecular formula is C12H13FN4O2. The summed E-state index contributed by atoms with van der Waals surface area (Å²) in [4.78, 5) is 15.6. The Labute approximate surface area is 108 Å². The third-order valence-corrected chi connectivity index (χ3v) is 2.55. The highest BCUT2D eigenvalue weighted by Gasteiger charge is 2.14. The van der Waals surface area contributed by atoms with Gasteiger partial charge >= 0.3 is 0 Å². The van der Waals surface area contributed by atoms with Gasteiger partial charge in [0.15, 0.2) is 6.33 Å². The van der Waals surface area contributed by atoms with Crippen LogP contribution in [0.2, 0.25) is 0 Å². The van der Waals surface area contributed by atoms with E-state index in [9.17, 15) is 9.18 Å². The number of nitrogens with two attached hydrogens (primary N) is 1. The molecule has 1 aromatic heterocycles. The molecule has 0 fully saturated rings. The van der Waals surface area contributed by atoms with E-state index in [1.807, 2.05) is 0 Å². The zero-order chi connectivity index (χ0) is 13.8. The second-order valence-corrected chi connectivity index (χ2v) is 4.04. The normalized spacial score (nSPS) is 10.4. The van der Waals surface area contributed by atoms with Crippen LogP contribution < -0.4 is 11.1 Å². The summed E-state index contributed by atoms with van der Waals surface area (Å²) in [7, 11) is 0. The van der Waals surface area contributed by atoms with Gasteiger partial charge < -0.3 is 15.6 Å². The molecule has 0 saturated heterocycles. The van der Waals surface area contributed by atoms with E-state index in [2.05, 4.69) is 15.5 Å². The summed E-state index contributed by atoms with van der Waals surface area (Å²) < 4.78 is 18.6. The number of anilines is 1. The van der Waals surface area contributed by atoms with Crippen molar-refractivity contribution in [3.8, 4) is 0 Å². The first-order valence-electron chi connectivity index (χ1n) is 5.67. The van der Waals surface area contributed by atoms with Gasteiger partial charge in [-0.25, -0.2) is 4.39 Å². The average Bonchev–Trinajstić information content (AvgIpc) is 2.86. The zero-order valence-corrected chi connectivity index (χ0v) is 10.3. The van der Waals surface area contributed by atoms with E-state index in [1.54, 1.807) is 6.92 Å². The maximum Gasteiger partial charge on any atom is 0.254 e. The van der Waals surface area contributed by atoms with Crippen molar-refractivity contribution in [1.82, 2.24) is 15.5 Å². The van der Waals surface area contributed by atoms with Gasteiger partial charge in [-0.2, -0.15) is 4.98 Å². The highest BCUT2D eigenvalue weighted by atomic mass is 19.1. The van der Waals surface area contributed by atoms with Crippen LogP contribution in [-0.2, 0) is 6.42 Å². The summed E-state index contributed by atoms with van der Waals surface area (Å²) in [5, 5.41) is 6.01. The van der Waals surface area contributed by atoms with E-state index in [0.29, 0.717) is 23.6 Å². The minimum Gasteiger partial charge on any atom is -0.399 e. The van der Waals surface area contributed by atoms with Crippen LogP contribution in [0.5, 0.6) is 0 Å². The number of nitrogen functional groups attached to an aromatic ring is 1. The number of benzene rings is 1. The van der Waals surface area contributed by atoms with Gasteiger partial charge in [-0.1, -0.05) is 5.16 Å². The Kier molecular flexibility index (Phi) is 3.74. The Morgan fingerprint density at radius 2 is 2.32 bits per heavy atom. The lowest BCUT2D eigenvalue weighted by Crippen LogP contribution is -2.27. The van der Waals surface area contributed by atoms with Crippen LogP contribution in [0.1, 0.15) is 21.8 Å². The third kappa shape index (κ3) is 3.06. The number of carbonyl (C=O) groups excluding carboxylic acids is 1. The molecule has 3 N–H and O–H groups in total. The minimum absolute atomic E-state index is 0.0666. The van der Waals surface area contributed by atoms with Gasteiger partial charge in [0.1, 0.15) is 5.82 Å². The van der Waals surface area contributed by atoms with Crippen molar-refractivity contribution < 1.29 is 13.7 Å². The Bertz CT molecular complexity index is 584. The second kappa shape index (κ2) is 5.47. The number of rotatable bonds is 4. The van der Waals surface area contributed by atoms with Crippen molar-refractivity contribution in [2.24, 2.45) is 0 Å². The molecule has 1 amide bonds. The van der Waals surface area contributed by atoms with Crippen LogP contribution >= 0.6 is 0 Å². The monoisotopic (exact) mass is 264 g/mol. The molecule has 0 bridgehead atoms. The van der Waals surface area contributed by atoms with E-state index in [1.165, 1.54) is 18.5 Å². The van der Waals surface area contributed by atoms with Crippen molar-refractivity contribution in [1.29, 1.82) is 0 Å². The van der Waals surface area contributed by atoms with Crippen LogP contribution in [0.15, 0.2) is 23.0 Å². The fourth-order valence-corrected chi connectivity index (χ4v) is 1.65. The quantitative estimate of drug-likeness (QED) is 0.805. The van der Waals surface area contributed by atoms with E-state index in [0.717, 1.165) is 0 Å². The lowest BCUT2D eigenvalue weighted by molar-refractivity contribution is 0.0949. The number of amides is 1. The lowest BCUT2D eigenvalue weighted by Gasteiger charge is -2.07. The smallest absolute Gasteiger partial charge is 0.254 e. The molecule has 0 atom stereocenters.